The number of carbonyl (C=O) groups excluding carboxylic acids is 2. The minimum Gasteiger partial charge on any atom is -0.506 e. The molecule has 2 saturated heterocycles. The standard InChI is InChI=1S/C27H38N2O10.C6H12O5/c1-36-21(33)12-7-5-3-4-6-8-13-38-27-23(25(37-2)24(34)20(15-30)39-27)29-26(35)17-14-19(32)16-10-9-11-18(31)22(16)28-17;7-1-4-6(10)5(9)3(8)2-11-4/h9-11,14,20,23-25,27,30-31,34H,3-8,12-13,15H2,1-2H3,(H,28,32)(H,29,35);3-10H,1-2H2/t20?,23?,24-,25?,27-;3?,4?,5?,6-/m10/s1. The molecule has 2 aliphatic rings. The fourth-order valence-electron chi connectivity index (χ4n) is 5.66. The summed E-state index contributed by atoms with van der Waals surface area (Å²) in [6, 6.07) is 4.61. The summed E-state index contributed by atoms with van der Waals surface area (Å²) in [4.78, 5) is 39.6. The maximum Gasteiger partial charge on any atom is 0.305 e. The van der Waals surface area contributed by atoms with E-state index in [9.17, 15) is 29.7 Å². The molecule has 282 valence electrons. The van der Waals surface area contributed by atoms with Gasteiger partial charge in [0.1, 0.15) is 60.2 Å². The quantitative estimate of drug-likeness (QED) is 0.0775. The number of benzene rings is 1. The topological polar surface area (TPSA) is 267 Å². The van der Waals surface area contributed by atoms with Crippen LogP contribution in [0.25, 0.3) is 10.9 Å². The van der Waals surface area contributed by atoms with Gasteiger partial charge in [0.05, 0.1) is 32.4 Å². The Hall–Kier alpha value is -3.23. The zero-order valence-electron chi connectivity index (χ0n) is 28.2. The number of H-pyrrole nitrogens is 1. The van der Waals surface area contributed by atoms with E-state index in [0.29, 0.717) is 19.4 Å². The number of aromatic nitrogens is 1. The summed E-state index contributed by atoms with van der Waals surface area (Å²) in [5, 5.41) is 69.1. The van der Waals surface area contributed by atoms with E-state index in [2.05, 4.69) is 15.0 Å². The van der Waals surface area contributed by atoms with E-state index in [4.69, 9.17) is 39.4 Å². The maximum absolute atomic E-state index is 13.2. The predicted octanol–water partition coefficient (Wildman–Crippen LogP) is -1.19. The molecule has 1 aromatic heterocycles. The van der Waals surface area contributed by atoms with Gasteiger partial charge in [-0.2, -0.15) is 0 Å². The summed E-state index contributed by atoms with van der Waals surface area (Å²) < 4.78 is 26.6. The lowest BCUT2D eigenvalue weighted by molar-refractivity contribution is -0.273. The molecule has 6 unspecified atom stereocenters. The molecule has 17 nitrogen and oxygen atoms in total. The van der Waals surface area contributed by atoms with Crippen LogP contribution in [-0.2, 0) is 28.5 Å². The SMILES string of the molecule is COC(=O)CCCCCCCCO[C@@H]1OC(CO)[C@@H](O)C(OC)C1NC(=O)c1cc(=O)c2cccc(O)c2[nH]1.OCC1OCC(O)C(O)[C@H]1O. The number of unbranched alkanes of at least 4 members (excludes halogenated alkanes) is 5. The van der Waals surface area contributed by atoms with Crippen molar-refractivity contribution >= 4 is 22.8 Å². The first-order chi connectivity index (χ1) is 24.0. The number of aliphatic hydroxyl groups excluding tert-OH is 6. The first kappa shape index (κ1) is 41.2. The monoisotopic (exact) mass is 714 g/mol. The number of para-hydroxylation sites is 1. The van der Waals surface area contributed by atoms with Crippen LogP contribution in [0.1, 0.15) is 55.4 Å². The number of aromatic hydroxyl groups is 1. The zero-order chi connectivity index (χ0) is 36.8. The average molecular weight is 715 g/mol. The van der Waals surface area contributed by atoms with E-state index in [1.165, 1.54) is 32.4 Å². The van der Waals surface area contributed by atoms with E-state index in [-0.39, 0.29) is 41.5 Å². The molecule has 3 heterocycles. The van der Waals surface area contributed by atoms with Crippen molar-refractivity contribution in [3.63, 3.8) is 0 Å². The molecule has 2 fully saturated rings. The number of pyridine rings is 1. The van der Waals surface area contributed by atoms with Crippen molar-refractivity contribution in [3.8, 4) is 5.75 Å². The summed E-state index contributed by atoms with van der Waals surface area (Å²) in [6.45, 7) is -0.594. The van der Waals surface area contributed by atoms with Crippen LogP contribution in [0.15, 0.2) is 29.1 Å². The van der Waals surface area contributed by atoms with Crippen molar-refractivity contribution in [2.24, 2.45) is 0 Å². The van der Waals surface area contributed by atoms with E-state index in [1.54, 1.807) is 0 Å². The van der Waals surface area contributed by atoms with Gasteiger partial charge in [-0.1, -0.05) is 31.7 Å². The second kappa shape index (κ2) is 20.6. The number of phenolic OH excluding ortho intramolecular Hbond substituents is 1. The Labute approximate surface area is 288 Å². The third-order valence-electron chi connectivity index (χ3n) is 8.58. The minimum absolute atomic E-state index is 0.0521. The molecule has 0 saturated carbocycles. The van der Waals surface area contributed by atoms with Gasteiger partial charge in [-0.15, -0.1) is 0 Å². The lowest BCUT2D eigenvalue weighted by Gasteiger charge is -2.43. The molecular formula is C33H50N2O15. The molecule has 2 aliphatic heterocycles. The number of nitrogens with one attached hydrogen (secondary N) is 2. The van der Waals surface area contributed by atoms with E-state index >= 15 is 0 Å². The Bertz CT molecular complexity index is 1400. The summed E-state index contributed by atoms with van der Waals surface area (Å²) in [7, 11) is 2.74. The Morgan fingerprint density at radius 2 is 1.62 bits per heavy atom. The fourth-order valence-corrected chi connectivity index (χ4v) is 5.66. The van der Waals surface area contributed by atoms with Crippen LogP contribution in [0.3, 0.4) is 0 Å². The van der Waals surface area contributed by atoms with Crippen molar-refractivity contribution in [1.29, 1.82) is 0 Å². The number of rotatable bonds is 15. The Balaban J connectivity index is 0.000000521. The Morgan fingerprint density at radius 3 is 2.28 bits per heavy atom. The molecule has 17 heteroatoms. The number of fused-ring (bicyclic) bond motifs is 1. The van der Waals surface area contributed by atoms with Gasteiger partial charge in [-0.25, -0.2) is 0 Å². The number of hydrogen-bond acceptors (Lipinski definition) is 15. The highest BCUT2D eigenvalue weighted by Gasteiger charge is 2.47. The molecule has 2 aromatic rings. The Kier molecular flexibility index (Phi) is 17.0. The first-order valence-corrected chi connectivity index (χ1v) is 16.5. The van der Waals surface area contributed by atoms with Crippen LogP contribution in [0.2, 0.25) is 0 Å². The number of carbonyl (C=O) groups is 2. The fraction of sp³-hybridized carbons (Fsp3) is 0.667. The third-order valence-corrected chi connectivity index (χ3v) is 8.58. The van der Waals surface area contributed by atoms with Crippen LogP contribution in [0.5, 0.6) is 5.75 Å². The van der Waals surface area contributed by atoms with Crippen molar-refractivity contribution in [2.45, 2.75) is 100 Å². The van der Waals surface area contributed by atoms with Crippen molar-refractivity contribution in [3.05, 3.63) is 40.2 Å². The normalized spacial score (nSPS) is 28.0. The van der Waals surface area contributed by atoms with E-state index in [1.807, 2.05) is 0 Å². The van der Waals surface area contributed by atoms with Crippen LogP contribution in [0, 0.1) is 0 Å². The molecule has 50 heavy (non-hydrogen) atoms. The molecule has 4 rings (SSSR count). The second-order valence-electron chi connectivity index (χ2n) is 12.1. The van der Waals surface area contributed by atoms with Crippen molar-refractivity contribution in [1.82, 2.24) is 10.3 Å². The lowest BCUT2D eigenvalue weighted by atomic mass is 9.96. The number of ether oxygens (including phenoxy) is 5. The molecule has 9 atom stereocenters. The molecule has 9 N–H and O–H groups in total. The maximum atomic E-state index is 13.2. The number of phenols is 1. The van der Waals surface area contributed by atoms with Crippen LogP contribution in [0.4, 0.5) is 0 Å². The summed E-state index contributed by atoms with van der Waals surface area (Å²) in [5.74, 6) is -1.08. The number of esters is 1. The smallest absolute Gasteiger partial charge is 0.305 e. The Morgan fingerprint density at radius 1 is 0.940 bits per heavy atom. The van der Waals surface area contributed by atoms with E-state index in [0.717, 1.165) is 38.2 Å². The van der Waals surface area contributed by atoms with Gasteiger partial charge < -0.3 is 69.7 Å². The molecule has 1 amide bonds. The van der Waals surface area contributed by atoms with Gasteiger partial charge in [-0.05, 0) is 25.0 Å². The van der Waals surface area contributed by atoms with Gasteiger partial charge in [0.25, 0.3) is 5.91 Å². The molecule has 0 aliphatic carbocycles. The highest BCUT2D eigenvalue weighted by atomic mass is 16.7. The predicted molar refractivity (Wildman–Crippen MR) is 175 cm³/mol. The highest BCUT2D eigenvalue weighted by Crippen LogP contribution is 2.26. The van der Waals surface area contributed by atoms with Crippen LogP contribution >= 0.6 is 0 Å². The third kappa shape index (κ3) is 11.1. The number of hydrogen-bond donors (Lipinski definition) is 9. The number of aromatic amines is 1. The molecule has 0 radical (unpaired) electrons. The molecular weight excluding hydrogens is 664 g/mol. The average Bonchev–Trinajstić information content (AvgIpc) is 3.11. The van der Waals surface area contributed by atoms with Gasteiger partial charge in [0.2, 0.25) is 0 Å². The number of methoxy groups -OCH3 is 2. The largest absolute Gasteiger partial charge is 0.506 e. The lowest BCUT2D eigenvalue weighted by Crippen LogP contribution is -2.65. The molecule has 0 spiro atoms. The molecule has 1 aromatic carbocycles. The minimum atomic E-state index is -1.25. The summed E-state index contributed by atoms with van der Waals surface area (Å²) >= 11 is 0. The first-order valence-electron chi connectivity index (χ1n) is 16.5. The second-order valence-corrected chi connectivity index (χ2v) is 12.1. The number of amides is 1. The van der Waals surface area contributed by atoms with Crippen LogP contribution < -0.4 is 10.7 Å². The van der Waals surface area contributed by atoms with Crippen molar-refractivity contribution in [2.75, 3.05) is 40.6 Å². The molecule has 0 bridgehead atoms. The van der Waals surface area contributed by atoms with Gasteiger partial charge in [0.15, 0.2) is 11.7 Å². The zero-order valence-corrected chi connectivity index (χ0v) is 28.2. The van der Waals surface area contributed by atoms with E-state index < -0.39 is 73.0 Å². The highest BCUT2D eigenvalue weighted by molar-refractivity contribution is 5.96. The van der Waals surface area contributed by atoms with Gasteiger partial charge >= 0.3 is 5.97 Å². The summed E-state index contributed by atoms with van der Waals surface area (Å²) in [6.07, 6.45) is -2.89. The van der Waals surface area contributed by atoms with Crippen molar-refractivity contribution < 1.29 is 69.0 Å². The van der Waals surface area contributed by atoms with Crippen LogP contribution in [-0.4, -0.2) is 148 Å². The van der Waals surface area contributed by atoms with Gasteiger partial charge in [0, 0.05) is 31.6 Å². The number of aliphatic hydroxyl groups is 6. The van der Waals surface area contributed by atoms with Gasteiger partial charge in [-0.3, -0.25) is 14.4 Å². The summed E-state index contributed by atoms with van der Waals surface area (Å²) in [5.41, 5.74) is -0.433.